The van der Waals surface area contributed by atoms with Crippen LogP contribution < -0.4 is 14.8 Å². The predicted octanol–water partition coefficient (Wildman–Crippen LogP) is 4.27. The minimum atomic E-state index is 0.599. The van der Waals surface area contributed by atoms with Gasteiger partial charge in [-0.15, -0.1) is 0 Å². The lowest BCUT2D eigenvalue weighted by Crippen LogP contribution is -2.19. The molecule has 0 amide bonds. The van der Waals surface area contributed by atoms with E-state index in [1.807, 2.05) is 19.1 Å². The highest BCUT2D eigenvalue weighted by atomic mass is 35.5. The van der Waals surface area contributed by atoms with Crippen molar-refractivity contribution in [3.63, 3.8) is 0 Å². The summed E-state index contributed by atoms with van der Waals surface area (Å²) in [5.74, 6) is 2.02. The van der Waals surface area contributed by atoms with Crippen LogP contribution in [0.15, 0.2) is 12.1 Å². The topological polar surface area (TPSA) is 30.5 Å². The van der Waals surface area contributed by atoms with Gasteiger partial charge in [0, 0.05) is 6.54 Å². The maximum Gasteiger partial charge on any atom is 0.179 e. The molecule has 20 heavy (non-hydrogen) atoms. The van der Waals surface area contributed by atoms with Crippen LogP contribution in [0, 0.1) is 5.92 Å². The quantitative estimate of drug-likeness (QED) is 0.738. The molecule has 0 aliphatic carbocycles. The van der Waals surface area contributed by atoms with E-state index in [1.165, 1.54) is 0 Å². The Bertz CT molecular complexity index is 408. The van der Waals surface area contributed by atoms with Gasteiger partial charge in [0.05, 0.1) is 18.2 Å². The Kier molecular flexibility index (Phi) is 7.78. The summed E-state index contributed by atoms with van der Waals surface area (Å²) >= 11 is 6.31. The lowest BCUT2D eigenvalue weighted by molar-refractivity contribution is 0.277. The molecule has 0 aliphatic rings. The molecule has 0 saturated heterocycles. The van der Waals surface area contributed by atoms with E-state index >= 15 is 0 Å². The van der Waals surface area contributed by atoms with Crippen LogP contribution >= 0.6 is 11.6 Å². The second-order valence-electron chi connectivity index (χ2n) is 5.21. The van der Waals surface area contributed by atoms with Crippen LogP contribution in [0.5, 0.6) is 11.5 Å². The van der Waals surface area contributed by atoms with E-state index < -0.39 is 0 Å². The monoisotopic (exact) mass is 299 g/mol. The highest BCUT2D eigenvalue weighted by Crippen LogP contribution is 2.36. The maximum absolute atomic E-state index is 6.31. The van der Waals surface area contributed by atoms with Crippen LogP contribution in [-0.4, -0.2) is 19.8 Å². The zero-order chi connectivity index (χ0) is 15.0. The summed E-state index contributed by atoms with van der Waals surface area (Å²) in [5.41, 5.74) is 1.11. The van der Waals surface area contributed by atoms with Gasteiger partial charge in [-0.05, 0) is 43.5 Å². The second-order valence-corrected chi connectivity index (χ2v) is 5.62. The summed E-state index contributed by atoms with van der Waals surface area (Å²) in [7, 11) is 0. The Morgan fingerprint density at radius 3 is 2.55 bits per heavy atom. The first-order chi connectivity index (χ1) is 9.58. The molecule has 0 heterocycles. The van der Waals surface area contributed by atoms with E-state index in [0.717, 1.165) is 30.8 Å². The molecule has 0 fully saturated rings. The van der Waals surface area contributed by atoms with Crippen LogP contribution in [0.25, 0.3) is 0 Å². The summed E-state index contributed by atoms with van der Waals surface area (Å²) in [4.78, 5) is 0. The molecule has 0 unspecified atom stereocenters. The van der Waals surface area contributed by atoms with E-state index in [4.69, 9.17) is 21.1 Å². The largest absolute Gasteiger partial charge is 0.490 e. The van der Waals surface area contributed by atoms with Gasteiger partial charge in [-0.3, -0.25) is 0 Å². The van der Waals surface area contributed by atoms with Gasteiger partial charge < -0.3 is 14.8 Å². The normalized spacial score (nSPS) is 10.9. The summed E-state index contributed by atoms with van der Waals surface area (Å²) in [5, 5.41) is 4.02. The third kappa shape index (κ3) is 5.59. The molecule has 1 aromatic carbocycles. The summed E-state index contributed by atoms with van der Waals surface area (Å²) < 4.78 is 11.3. The third-order valence-electron chi connectivity index (χ3n) is 2.70. The van der Waals surface area contributed by atoms with Crippen LogP contribution in [0.3, 0.4) is 0 Å². The molecular formula is C16H26ClNO2. The number of ether oxygens (including phenoxy) is 2. The first-order valence-electron chi connectivity index (χ1n) is 7.37. The standard InChI is InChI=1S/C16H26ClNO2/c1-5-7-20-16-14(17)8-13(9-15(16)19-6-2)11-18-10-12(3)4/h8-9,12,18H,5-7,10-11H2,1-4H3. The first kappa shape index (κ1) is 17.1. The molecule has 1 N–H and O–H groups in total. The van der Waals surface area contributed by atoms with Crippen molar-refractivity contribution in [1.82, 2.24) is 5.32 Å². The Labute approximate surface area is 127 Å². The van der Waals surface area contributed by atoms with E-state index in [9.17, 15) is 0 Å². The molecule has 1 rings (SSSR count). The second kappa shape index (κ2) is 9.09. The number of benzene rings is 1. The van der Waals surface area contributed by atoms with Gasteiger partial charge >= 0.3 is 0 Å². The predicted molar refractivity (Wildman–Crippen MR) is 85.0 cm³/mol. The summed E-state index contributed by atoms with van der Waals surface area (Å²) in [6.45, 7) is 11.4. The smallest absolute Gasteiger partial charge is 0.179 e. The maximum atomic E-state index is 6.31. The highest BCUT2D eigenvalue weighted by molar-refractivity contribution is 6.32. The van der Waals surface area contributed by atoms with Gasteiger partial charge in [0.1, 0.15) is 0 Å². The van der Waals surface area contributed by atoms with Crippen LogP contribution in [0.1, 0.15) is 39.7 Å². The molecule has 1 aromatic rings. The minimum absolute atomic E-state index is 0.599. The average Bonchev–Trinajstić information content (AvgIpc) is 2.38. The van der Waals surface area contributed by atoms with Gasteiger partial charge in [0.25, 0.3) is 0 Å². The number of halogens is 1. The molecular weight excluding hydrogens is 274 g/mol. The van der Waals surface area contributed by atoms with Crippen molar-refractivity contribution in [3.05, 3.63) is 22.7 Å². The van der Waals surface area contributed by atoms with E-state index in [0.29, 0.717) is 29.9 Å². The van der Waals surface area contributed by atoms with Gasteiger partial charge in [-0.1, -0.05) is 32.4 Å². The fraction of sp³-hybridized carbons (Fsp3) is 0.625. The molecule has 0 bridgehead atoms. The molecule has 0 aliphatic heterocycles. The Morgan fingerprint density at radius 1 is 1.20 bits per heavy atom. The number of rotatable bonds is 9. The molecule has 0 aromatic heterocycles. The van der Waals surface area contributed by atoms with Crippen LogP contribution in [0.2, 0.25) is 5.02 Å². The Balaban J connectivity index is 2.82. The van der Waals surface area contributed by atoms with E-state index in [1.54, 1.807) is 0 Å². The molecule has 4 heteroatoms. The van der Waals surface area contributed by atoms with Crippen molar-refractivity contribution in [2.24, 2.45) is 5.92 Å². The first-order valence-corrected chi connectivity index (χ1v) is 7.75. The Hall–Kier alpha value is -0.930. The zero-order valence-corrected chi connectivity index (χ0v) is 13.7. The van der Waals surface area contributed by atoms with Crippen molar-refractivity contribution >= 4 is 11.6 Å². The molecule has 3 nitrogen and oxygen atoms in total. The molecule has 0 radical (unpaired) electrons. The van der Waals surface area contributed by atoms with Gasteiger partial charge in [-0.2, -0.15) is 0 Å². The lowest BCUT2D eigenvalue weighted by atomic mass is 10.1. The number of hydrogen-bond acceptors (Lipinski definition) is 3. The average molecular weight is 300 g/mol. The van der Waals surface area contributed by atoms with Gasteiger partial charge in [0.2, 0.25) is 0 Å². The van der Waals surface area contributed by atoms with Crippen molar-refractivity contribution in [2.75, 3.05) is 19.8 Å². The lowest BCUT2D eigenvalue weighted by Gasteiger charge is -2.15. The van der Waals surface area contributed by atoms with Gasteiger partial charge in [-0.25, -0.2) is 0 Å². The fourth-order valence-corrected chi connectivity index (χ4v) is 2.12. The molecule has 0 saturated carbocycles. The zero-order valence-electron chi connectivity index (χ0n) is 13.0. The summed E-state index contributed by atoms with van der Waals surface area (Å²) in [6, 6.07) is 3.95. The van der Waals surface area contributed by atoms with E-state index in [-0.39, 0.29) is 0 Å². The number of hydrogen-bond donors (Lipinski definition) is 1. The van der Waals surface area contributed by atoms with Crippen molar-refractivity contribution < 1.29 is 9.47 Å². The van der Waals surface area contributed by atoms with E-state index in [2.05, 4.69) is 26.1 Å². The van der Waals surface area contributed by atoms with Crippen molar-refractivity contribution in [3.8, 4) is 11.5 Å². The fourth-order valence-electron chi connectivity index (χ4n) is 1.84. The molecule has 0 atom stereocenters. The van der Waals surface area contributed by atoms with Crippen molar-refractivity contribution in [2.45, 2.75) is 40.7 Å². The van der Waals surface area contributed by atoms with Crippen molar-refractivity contribution in [1.29, 1.82) is 0 Å². The minimum Gasteiger partial charge on any atom is -0.490 e. The van der Waals surface area contributed by atoms with Crippen LogP contribution in [0.4, 0.5) is 0 Å². The number of nitrogens with one attached hydrogen (secondary N) is 1. The SMILES string of the molecule is CCCOc1c(Cl)cc(CNCC(C)C)cc1OCC. The van der Waals surface area contributed by atoms with Crippen LogP contribution in [-0.2, 0) is 6.54 Å². The molecule has 114 valence electrons. The Morgan fingerprint density at radius 2 is 1.95 bits per heavy atom. The highest BCUT2D eigenvalue weighted by Gasteiger charge is 2.12. The third-order valence-corrected chi connectivity index (χ3v) is 2.98. The summed E-state index contributed by atoms with van der Waals surface area (Å²) in [6.07, 6.45) is 0.944. The molecule has 0 spiro atoms. The van der Waals surface area contributed by atoms with Gasteiger partial charge in [0.15, 0.2) is 11.5 Å².